The molecule has 0 aromatic rings. The number of hydrogen-bond donors (Lipinski definition) is 2. The van der Waals surface area contributed by atoms with Gasteiger partial charge in [-0.2, -0.15) is 0 Å². The van der Waals surface area contributed by atoms with Crippen molar-refractivity contribution >= 4 is 5.91 Å². The average Bonchev–Trinajstić information content (AvgIpc) is 3.02. The van der Waals surface area contributed by atoms with Gasteiger partial charge < -0.3 is 11.1 Å². The first-order chi connectivity index (χ1) is 7.27. The molecule has 4 heteroatoms. The summed E-state index contributed by atoms with van der Waals surface area (Å²) in [4.78, 5) is 13.7. The number of carbonyl (C=O) groups is 1. The van der Waals surface area contributed by atoms with Crippen LogP contribution in [-0.2, 0) is 4.79 Å². The molecule has 4 nitrogen and oxygen atoms in total. The summed E-state index contributed by atoms with van der Waals surface area (Å²) < 4.78 is 0. The van der Waals surface area contributed by atoms with E-state index in [1.54, 1.807) is 0 Å². The van der Waals surface area contributed by atoms with Crippen LogP contribution >= 0.6 is 0 Å². The van der Waals surface area contributed by atoms with E-state index in [1.165, 1.54) is 12.8 Å². The molecule has 0 saturated heterocycles. The summed E-state index contributed by atoms with van der Waals surface area (Å²) in [6.45, 7) is 5.34. The van der Waals surface area contributed by atoms with Crippen LogP contribution in [0.4, 0.5) is 0 Å². The molecular weight excluding hydrogens is 190 g/mol. The minimum atomic E-state index is 0.163. The SMILES string of the molecule is CCNC(=O)CCN(CCCN)C1CC1. The summed E-state index contributed by atoms with van der Waals surface area (Å²) in [5.74, 6) is 0.163. The Morgan fingerprint density at radius 3 is 2.73 bits per heavy atom. The third kappa shape index (κ3) is 5.14. The predicted octanol–water partition coefficient (Wildman–Crippen LogP) is 0.326. The zero-order valence-corrected chi connectivity index (χ0v) is 9.67. The molecule has 1 saturated carbocycles. The smallest absolute Gasteiger partial charge is 0.221 e. The molecule has 0 bridgehead atoms. The molecule has 1 aliphatic carbocycles. The maximum Gasteiger partial charge on any atom is 0.221 e. The Morgan fingerprint density at radius 1 is 1.47 bits per heavy atom. The van der Waals surface area contributed by atoms with Gasteiger partial charge in [0, 0.05) is 25.6 Å². The molecule has 0 unspecified atom stereocenters. The predicted molar refractivity (Wildman–Crippen MR) is 61.6 cm³/mol. The van der Waals surface area contributed by atoms with Gasteiger partial charge in [-0.1, -0.05) is 0 Å². The van der Waals surface area contributed by atoms with E-state index in [2.05, 4.69) is 10.2 Å². The summed E-state index contributed by atoms with van der Waals surface area (Å²) in [6.07, 6.45) is 4.24. The molecule has 3 N–H and O–H groups in total. The van der Waals surface area contributed by atoms with Crippen LogP contribution in [0.5, 0.6) is 0 Å². The van der Waals surface area contributed by atoms with Gasteiger partial charge in [-0.15, -0.1) is 0 Å². The molecule has 0 radical (unpaired) electrons. The molecule has 0 aromatic heterocycles. The summed E-state index contributed by atoms with van der Waals surface area (Å²) in [7, 11) is 0. The molecule has 1 rings (SSSR count). The first kappa shape index (κ1) is 12.5. The molecule has 1 aliphatic rings. The highest BCUT2D eigenvalue weighted by atomic mass is 16.1. The van der Waals surface area contributed by atoms with E-state index in [0.717, 1.165) is 38.6 Å². The van der Waals surface area contributed by atoms with Gasteiger partial charge in [-0.05, 0) is 39.3 Å². The zero-order valence-electron chi connectivity index (χ0n) is 9.67. The molecule has 1 amide bonds. The van der Waals surface area contributed by atoms with Crippen molar-refractivity contribution in [3.05, 3.63) is 0 Å². The number of nitrogens with two attached hydrogens (primary N) is 1. The molecule has 0 atom stereocenters. The summed E-state index contributed by atoms with van der Waals surface area (Å²) in [5.41, 5.74) is 5.50. The Bertz CT molecular complexity index is 192. The zero-order chi connectivity index (χ0) is 11.1. The van der Waals surface area contributed by atoms with Gasteiger partial charge in [-0.3, -0.25) is 9.69 Å². The molecular formula is C11H23N3O. The van der Waals surface area contributed by atoms with E-state index >= 15 is 0 Å². The standard InChI is InChI=1S/C11H23N3O/c1-2-13-11(15)6-9-14(8-3-7-12)10-4-5-10/h10H,2-9,12H2,1H3,(H,13,15). The molecule has 0 aliphatic heterocycles. The normalized spacial score (nSPS) is 15.7. The number of carbonyl (C=O) groups excluding carboxylic acids is 1. The minimum absolute atomic E-state index is 0.163. The lowest BCUT2D eigenvalue weighted by Gasteiger charge is -2.21. The van der Waals surface area contributed by atoms with Crippen molar-refractivity contribution in [2.75, 3.05) is 26.2 Å². The molecule has 0 heterocycles. The van der Waals surface area contributed by atoms with Crippen LogP contribution in [-0.4, -0.2) is 43.0 Å². The Kier molecular flexibility index (Phi) is 5.65. The van der Waals surface area contributed by atoms with Crippen LogP contribution in [0.1, 0.15) is 32.6 Å². The molecule has 15 heavy (non-hydrogen) atoms. The van der Waals surface area contributed by atoms with Gasteiger partial charge >= 0.3 is 0 Å². The van der Waals surface area contributed by atoms with Gasteiger partial charge in [-0.25, -0.2) is 0 Å². The first-order valence-corrected chi connectivity index (χ1v) is 5.98. The lowest BCUT2D eigenvalue weighted by atomic mass is 10.3. The van der Waals surface area contributed by atoms with E-state index < -0.39 is 0 Å². The van der Waals surface area contributed by atoms with E-state index in [9.17, 15) is 4.79 Å². The van der Waals surface area contributed by atoms with Crippen LogP contribution < -0.4 is 11.1 Å². The number of hydrogen-bond acceptors (Lipinski definition) is 3. The quantitative estimate of drug-likeness (QED) is 0.611. The third-order valence-electron chi connectivity index (χ3n) is 2.71. The molecule has 0 aromatic carbocycles. The van der Waals surface area contributed by atoms with Gasteiger partial charge in [0.25, 0.3) is 0 Å². The van der Waals surface area contributed by atoms with Crippen molar-refractivity contribution in [1.29, 1.82) is 0 Å². The van der Waals surface area contributed by atoms with E-state index in [4.69, 9.17) is 5.73 Å². The Morgan fingerprint density at radius 2 is 2.20 bits per heavy atom. The van der Waals surface area contributed by atoms with Crippen molar-refractivity contribution in [2.45, 2.75) is 38.6 Å². The second kappa shape index (κ2) is 6.80. The second-order valence-electron chi connectivity index (χ2n) is 4.11. The minimum Gasteiger partial charge on any atom is -0.356 e. The van der Waals surface area contributed by atoms with Crippen molar-refractivity contribution in [3.8, 4) is 0 Å². The van der Waals surface area contributed by atoms with Crippen LogP contribution in [0, 0.1) is 0 Å². The second-order valence-corrected chi connectivity index (χ2v) is 4.11. The number of nitrogens with one attached hydrogen (secondary N) is 1. The monoisotopic (exact) mass is 213 g/mol. The van der Waals surface area contributed by atoms with Crippen LogP contribution in [0.3, 0.4) is 0 Å². The van der Waals surface area contributed by atoms with Crippen LogP contribution in [0.25, 0.3) is 0 Å². The average molecular weight is 213 g/mol. The lowest BCUT2D eigenvalue weighted by Crippen LogP contribution is -2.33. The molecule has 88 valence electrons. The fourth-order valence-electron chi connectivity index (χ4n) is 1.74. The van der Waals surface area contributed by atoms with E-state index in [0.29, 0.717) is 6.42 Å². The largest absolute Gasteiger partial charge is 0.356 e. The van der Waals surface area contributed by atoms with Crippen LogP contribution in [0.15, 0.2) is 0 Å². The number of rotatable bonds is 8. The van der Waals surface area contributed by atoms with Gasteiger partial charge in [0.15, 0.2) is 0 Å². The third-order valence-corrected chi connectivity index (χ3v) is 2.71. The van der Waals surface area contributed by atoms with E-state index in [-0.39, 0.29) is 5.91 Å². The van der Waals surface area contributed by atoms with E-state index in [1.807, 2.05) is 6.92 Å². The topological polar surface area (TPSA) is 58.4 Å². The molecule has 1 fully saturated rings. The number of nitrogens with zero attached hydrogens (tertiary/aromatic N) is 1. The fourth-order valence-corrected chi connectivity index (χ4v) is 1.74. The first-order valence-electron chi connectivity index (χ1n) is 5.98. The highest BCUT2D eigenvalue weighted by Gasteiger charge is 2.28. The van der Waals surface area contributed by atoms with Crippen molar-refractivity contribution in [3.63, 3.8) is 0 Å². The Balaban J connectivity index is 2.16. The summed E-state index contributed by atoms with van der Waals surface area (Å²) in [6, 6.07) is 0.728. The molecule has 0 spiro atoms. The van der Waals surface area contributed by atoms with Gasteiger partial charge in [0.1, 0.15) is 0 Å². The lowest BCUT2D eigenvalue weighted by molar-refractivity contribution is -0.121. The maximum atomic E-state index is 11.3. The number of amides is 1. The summed E-state index contributed by atoms with van der Waals surface area (Å²) >= 11 is 0. The van der Waals surface area contributed by atoms with Gasteiger partial charge in [0.2, 0.25) is 5.91 Å². The highest BCUT2D eigenvalue weighted by Crippen LogP contribution is 2.26. The van der Waals surface area contributed by atoms with Gasteiger partial charge in [0.05, 0.1) is 0 Å². The summed E-state index contributed by atoms with van der Waals surface area (Å²) in [5, 5.41) is 2.83. The van der Waals surface area contributed by atoms with Crippen molar-refractivity contribution in [1.82, 2.24) is 10.2 Å². The van der Waals surface area contributed by atoms with Crippen LogP contribution in [0.2, 0.25) is 0 Å². The highest BCUT2D eigenvalue weighted by molar-refractivity contribution is 5.75. The maximum absolute atomic E-state index is 11.3. The Labute approximate surface area is 92.2 Å². The van der Waals surface area contributed by atoms with Crippen molar-refractivity contribution < 1.29 is 4.79 Å². The Hall–Kier alpha value is -0.610. The fraction of sp³-hybridized carbons (Fsp3) is 0.909. The van der Waals surface area contributed by atoms with Crippen molar-refractivity contribution in [2.24, 2.45) is 5.73 Å².